The van der Waals surface area contributed by atoms with Crippen LogP contribution in [-0.4, -0.2) is 19.9 Å². The molecule has 2 heterocycles. The third-order valence-corrected chi connectivity index (χ3v) is 8.69. The minimum absolute atomic E-state index is 0.929. The highest BCUT2D eigenvalue weighted by Gasteiger charge is 2.13. The molecule has 204 valence electrons. The molecule has 6 heteroatoms. The van der Waals surface area contributed by atoms with Gasteiger partial charge < -0.3 is 0 Å². The monoisotopic (exact) mass is 672 g/mol. The number of hydrogen-bond acceptors (Lipinski definition) is 4. The molecular formula is C36H26Br2N4. The van der Waals surface area contributed by atoms with Gasteiger partial charge in [-0.15, -0.1) is 0 Å². The number of benzene rings is 6. The molecule has 0 radical (unpaired) electrons. The van der Waals surface area contributed by atoms with Crippen LogP contribution in [-0.2, 0) is 0 Å². The summed E-state index contributed by atoms with van der Waals surface area (Å²) in [6, 6.07) is 25.8. The van der Waals surface area contributed by atoms with Crippen LogP contribution in [0.25, 0.3) is 65.2 Å². The summed E-state index contributed by atoms with van der Waals surface area (Å²) in [7, 11) is 0. The standard InChI is InChI=1S/C19H16N2.C17H10Br2N2/c1-11-4-6-14-15-7-5-12(2)9-17(15)19-18(16(14)8-11)20-10-13(3)21-19;1-9-8-20-16-14-6-10(18)2-4-12(14)13-5-3-11(19)7-15(13)17(16)21-9/h4-10H,1-3H3;2-8H,1H3. The van der Waals surface area contributed by atoms with Gasteiger partial charge in [0.15, 0.2) is 0 Å². The Bertz CT molecular complexity index is 2210. The van der Waals surface area contributed by atoms with E-state index in [1.54, 1.807) is 0 Å². The number of rotatable bonds is 0. The van der Waals surface area contributed by atoms with Crippen LogP contribution in [0.3, 0.4) is 0 Å². The molecule has 0 fully saturated rings. The van der Waals surface area contributed by atoms with Crippen molar-refractivity contribution in [2.75, 3.05) is 0 Å². The van der Waals surface area contributed by atoms with Gasteiger partial charge in [-0.2, -0.15) is 0 Å². The van der Waals surface area contributed by atoms with Crippen LogP contribution < -0.4 is 0 Å². The van der Waals surface area contributed by atoms with Gasteiger partial charge in [0.25, 0.3) is 0 Å². The highest BCUT2D eigenvalue weighted by Crippen LogP contribution is 2.36. The SMILES string of the molecule is Cc1ccc2c3ccc(C)cc3c3nc(C)cnc3c2c1.Cc1cnc2c3cc(Br)ccc3c3ccc(Br)cc3c2n1. The maximum Gasteiger partial charge on any atom is 0.0975 e. The normalized spacial score (nSPS) is 11.6. The van der Waals surface area contributed by atoms with Crippen LogP contribution in [0.15, 0.2) is 94.1 Å². The average Bonchev–Trinajstić information content (AvgIpc) is 2.97. The summed E-state index contributed by atoms with van der Waals surface area (Å²) in [6.45, 7) is 8.20. The topological polar surface area (TPSA) is 51.6 Å². The number of aromatic nitrogens is 4. The van der Waals surface area contributed by atoms with Gasteiger partial charge in [-0.25, -0.2) is 9.97 Å². The quantitative estimate of drug-likeness (QED) is 0.150. The Morgan fingerprint density at radius 2 is 0.762 bits per heavy atom. The van der Waals surface area contributed by atoms with Gasteiger partial charge in [-0.3, -0.25) is 9.97 Å². The van der Waals surface area contributed by atoms with E-state index in [0.717, 1.165) is 53.2 Å². The number of halogens is 2. The predicted molar refractivity (Wildman–Crippen MR) is 183 cm³/mol. The first kappa shape index (κ1) is 26.9. The van der Waals surface area contributed by atoms with E-state index in [0.29, 0.717) is 0 Å². The summed E-state index contributed by atoms with van der Waals surface area (Å²) in [5.41, 5.74) is 8.29. The Morgan fingerprint density at radius 3 is 1.21 bits per heavy atom. The molecule has 0 bridgehead atoms. The Kier molecular flexibility index (Phi) is 6.63. The summed E-state index contributed by atoms with van der Waals surface area (Å²) in [5, 5.41) is 9.54. The lowest BCUT2D eigenvalue weighted by Crippen LogP contribution is -1.92. The van der Waals surface area contributed by atoms with Crippen molar-refractivity contribution in [3.8, 4) is 0 Å². The molecule has 0 aliphatic rings. The molecule has 0 unspecified atom stereocenters. The second-order valence-electron chi connectivity index (χ2n) is 10.9. The second kappa shape index (κ2) is 10.4. The Balaban J connectivity index is 0.000000137. The zero-order valence-corrected chi connectivity index (χ0v) is 26.8. The van der Waals surface area contributed by atoms with Crippen LogP contribution in [0.1, 0.15) is 22.5 Å². The van der Waals surface area contributed by atoms with Crippen molar-refractivity contribution in [3.05, 3.63) is 117 Å². The number of hydrogen-bond donors (Lipinski definition) is 0. The minimum atomic E-state index is 0.929. The van der Waals surface area contributed by atoms with Crippen molar-refractivity contribution in [1.29, 1.82) is 0 Å². The lowest BCUT2D eigenvalue weighted by molar-refractivity contribution is 1.19. The maximum absolute atomic E-state index is 4.76. The molecule has 0 aliphatic carbocycles. The molecule has 42 heavy (non-hydrogen) atoms. The van der Waals surface area contributed by atoms with Crippen molar-refractivity contribution < 1.29 is 0 Å². The minimum Gasteiger partial charge on any atom is -0.252 e. The summed E-state index contributed by atoms with van der Waals surface area (Å²) in [4.78, 5) is 18.8. The van der Waals surface area contributed by atoms with Gasteiger partial charge in [0.2, 0.25) is 0 Å². The fourth-order valence-electron chi connectivity index (χ4n) is 5.80. The van der Waals surface area contributed by atoms with Crippen molar-refractivity contribution in [2.24, 2.45) is 0 Å². The van der Waals surface area contributed by atoms with E-state index in [-0.39, 0.29) is 0 Å². The Hall–Kier alpha value is -4.00. The zero-order chi connectivity index (χ0) is 29.1. The van der Waals surface area contributed by atoms with E-state index >= 15 is 0 Å². The van der Waals surface area contributed by atoms with Gasteiger partial charge >= 0.3 is 0 Å². The molecule has 8 aromatic rings. The highest BCUT2D eigenvalue weighted by atomic mass is 79.9. The molecular weight excluding hydrogens is 648 g/mol. The van der Waals surface area contributed by atoms with E-state index < -0.39 is 0 Å². The molecule has 0 atom stereocenters. The smallest absolute Gasteiger partial charge is 0.0975 e. The van der Waals surface area contributed by atoms with Crippen molar-refractivity contribution >= 4 is 97.0 Å². The maximum atomic E-state index is 4.76. The average molecular weight is 674 g/mol. The first-order valence-electron chi connectivity index (χ1n) is 13.8. The van der Waals surface area contributed by atoms with Crippen molar-refractivity contribution in [3.63, 3.8) is 0 Å². The Morgan fingerprint density at radius 1 is 0.405 bits per heavy atom. The second-order valence-corrected chi connectivity index (χ2v) is 12.7. The van der Waals surface area contributed by atoms with Crippen molar-refractivity contribution in [1.82, 2.24) is 19.9 Å². The lowest BCUT2D eigenvalue weighted by Gasteiger charge is -2.10. The summed E-state index contributed by atoms with van der Waals surface area (Å²) < 4.78 is 2.10. The van der Waals surface area contributed by atoms with Crippen LogP contribution in [0.5, 0.6) is 0 Å². The van der Waals surface area contributed by atoms with Gasteiger partial charge in [-0.1, -0.05) is 79.4 Å². The lowest BCUT2D eigenvalue weighted by atomic mass is 9.97. The largest absolute Gasteiger partial charge is 0.252 e. The number of aryl methyl sites for hydroxylation is 4. The Labute approximate surface area is 260 Å². The van der Waals surface area contributed by atoms with Gasteiger partial charge in [0.1, 0.15) is 0 Å². The summed E-state index contributed by atoms with van der Waals surface area (Å²) in [6.07, 6.45) is 3.68. The van der Waals surface area contributed by atoms with Gasteiger partial charge in [-0.05, 0) is 85.6 Å². The van der Waals surface area contributed by atoms with E-state index in [2.05, 4.69) is 128 Å². The zero-order valence-electron chi connectivity index (χ0n) is 23.6. The summed E-state index contributed by atoms with van der Waals surface area (Å²) in [5.74, 6) is 0. The number of nitrogens with zero attached hydrogens (tertiary/aromatic N) is 4. The van der Waals surface area contributed by atoms with Crippen LogP contribution >= 0.6 is 31.9 Å². The predicted octanol–water partition coefficient (Wildman–Crippen LogP) is 10.6. The molecule has 0 amide bonds. The first-order chi connectivity index (χ1) is 20.3. The van der Waals surface area contributed by atoms with Crippen LogP contribution in [0.4, 0.5) is 0 Å². The molecule has 0 saturated heterocycles. The van der Waals surface area contributed by atoms with Gasteiger partial charge in [0, 0.05) is 42.9 Å². The third kappa shape index (κ3) is 4.59. The fraction of sp³-hybridized carbons (Fsp3) is 0.111. The molecule has 0 spiro atoms. The van der Waals surface area contributed by atoms with Crippen molar-refractivity contribution in [2.45, 2.75) is 27.7 Å². The summed E-state index contributed by atoms with van der Waals surface area (Å²) >= 11 is 7.11. The fourth-order valence-corrected chi connectivity index (χ4v) is 6.52. The van der Waals surface area contributed by atoms with E-state index in [9.17, 15) is 0 Å². The third-order valence-electron chi connectivity index (χ3n) is 7.70. The molecule has 0 aliphatic heterocycles. The van der Waals surface area contributed by atoms with E-state index in [1.807, 2.05) is 26.2 Å². The number of fused-ring (bicyclic) bond motifs is 12. The highest BCUT2D eigenvalue weighted by molar-refractivity contribution is 9.10. The van der Waals surface area contributed by atoms with Crippen LogP contribution in [0.2, 0.25) is 0 Å². The molecule has 2 aromatic heterocycles. The molecule has 0 N–H and O–H groups in total. The molecule has 0 saturated carbocycles. The molecule has 8 rings (SSSR count). The van der Waals surface area contributed by atoms with E-state index in [4.69, 9.17) is 9.97 Å². The molecule has 4 nitrogen and oxygen atoms in total. The molecule has 6 aromatic carbocycles. The first-order valence-corrected chi connectivity index (χ1v) is 15.4. The van der Waals surface area contributed by atoms with Crippen LogP contribution in [0, 0.1) is 27.7 Å². The van der Waals surface area contributed by atoms with Gasteiger partial charge in [0.05, 0.1) is 33.5 Å². The van der Waals surface area contributed by atoms with E-state index in [1.165, 1.54) is 43.4 Å².